The average molecular weight is 342 g/mol. The molecule has 0 rings (SSSR count). The first-order chi connectivity index (χ1) is 10.9. The second-order valence-electron chi connectivity index (χ2n) is 6.21. The van der Waals surface area contributed by atoms with E-state index < -0.39 is 23.0 Å². The lowest BCUT2D eigenvalue weighted by atomic mass is 10.0. The van der Waals surface area contributed by atoms with Gasteiger partial charge in [-0.15, -0.1) is 0 Å². The lowest BCUT2D eigenvalue weighted by Gasteiger charge is -2.25. The molecule has 0 heterocycles. The van der Waals surface area contributed by atoms with E-state index >= 15 is 0 Å². The quantitative estimate of drug-likeness (QED) is 0.197. The molecule has 0 amide bonds. The summed E-state index contributed by atoms with van der Waals surface area (Å²) in [5.74, 6) is -1.88. The van der Waals surface area contributed by atoms with Crippen molar-refractivity contribution in [3.63, 3.8) is 0 Å². The number of rotatable bonds is 10. The van der Waals surface area contributed by atoms with Gasteiger partial charge < -0.3 is 20.8 Å². The van der Waals surface area contributed by atoms with Gasteiger partial charge in [0.25, 0.3) is 0 Å². The standard InChI is InChI=1S/C14H26N6O4/c1-13(2,11(15)17-7-5-9(21)22)19-20-14(3,4)12(16)18-8-6-10(23)24/h5-8H2,1-4H3,(H2,15,17)(H2,16,18)(H,21,22)(H,23,24)/b20-19+. The maximum Gasteiger partial charge on any atom is 0.305 e. The maximum atomic E-state index is 10.5. The van der Waals surface area contributed by atoms with Gasteiger partial charge in [0.05, 0.1) is 12.8 Å². The first-order valence-electron chi connectivity index (χ1n) is 7.42. The first-order valence-corrected chi connectivity index (χ1v) is 7.42. The van der Waals surface area contributed by atoms with Crippen LogP contribution in [-0.2, 0) is 9.59 Å². The Hall–Kier alpha value is -2.52. The summed E-state index contributed by atoms with van der Waals surface area (Å²) in [5.41, 5.74) is -2.01. The third-order valence-electron chi connectivity index (χ3n) is 3.05. The summed E-state index contributed by atoms with van der Waals surface area (Å²) in [4.78, 5) is 20.9. The molecule has 6 N–H and O–H groups in total. The van der Waals surface area contributed by atoms with Gasteiger partial charge in [0.15, 0.2) is 0 Å². The van der Waals surface area contributed by atoms with Gasteiger partial charge >= 0.3 is 11.9 Å². The number of carboxylic acid groups (broad SMARTS) is 2. The van der Waals surface area contributed by atoms with Crippen LogP contribution in [0.5, 0.6) is 0 Å². The third-order valence-corrected chi connectivity index (χ3v) is 3.05. The fourth-order valence-electron chi connectivity index (χ4n) is 1.37. The fraction of sp³-hybridized carbons (Fsp3) is 0.714. The molecule has 0 saturated heterocycles. The summed E-state index contributed by atoms with van der Waals surface area (Å²) in [5, 5.41) is 46.5. The summed E-state index contributed by atoms with van der Waals surface area (Å²) in [6, 6.07) is 0. The molecule has 136 valence electrons. The van der Waals surface area contributed by atoms with Crippen LogP contribution >= 0.6 is 0 Å². The van der Waals surface area contributed by atoms with E-state index in [2.05, 4.69) is 20.9 Å². The van der Waals surface area contributed by atoms with Gasteiger partial charge in [-0.1, -0.05) is 0 Å². The average Bonchev–Trinajstić information content (AvgIpc) is 2.44. The van der Waals surface area contributed by atoms with Crippen molar-refractivity contribution in [2.24, 2.45) is 10.2 Å². The molecule has 0 aliphatic heterocycles. The number of azo groups is 1. The second-order valence-corrected chi connectivity index (χ2v) is 6.21. The van der Waals surface area contributed by atoms with Gasteiger partial charge in [-0.2, -0.15) is 10.2 Å². The van der Waals surface area contributed by atoms with Crippen LogP contribution in [-0.4, -0.2) is 58.0 Å². The van der Waals surface area contributed by atoms with E-state index in [1.807, 2.05) is 0 Å². The molecule has 0 saturated carbocycles. The Labute approximate surface area is 140 Å². The number of nitrogens with zero attached hydrogens (tertiary/aromatic N) is 2. The zero-order valence-corrected chi connectivity index (χ0v) is 14.4. The van der Waals surface area contributed by atoms with E-state index in [0.29, 0.717) is 0 Å². The van der Waals surface area contributed by atoms with Crippen LogP contribution < -0.4 is 10.6 Å². The molecule has 0 fully saturated rings. The van der Waals surface area contributed by atoms with Crippen LogP contribution in [0.25, 0.3) is 0 Å². The SMILES string of the molecule is CC(C)(/N=N/C(C)(C)C(=N)NCCC(=O)O)C(=N)NCCC(=O)O. The minimum atomic E-state index is -1.00. The van der Waals surface area contributed by atoms with E-state index in [1.165, 1.54) is 0 Å². The molecule has 0 aromatic carbocycles. The molecule has 0 aromatic rings. The molecule has 0 bridgehead atoms. The highest BCUT2D eigenvalue weighted by molar-refractivity contribution is 5.89. The minimum absolute atomic E-state index is 0.0219. The molecule has 0 aromatic heterocycles. The highest BCUT2D eigenvalue weighted by Crippen LogP contribution is 2.16. The lowest BCUT2D eigenvalue weighted by molar-refractivity contribution is -0.137. The molecular formula is C14H26N6O4. The van der Waals surface area contributed by atoms with Crippen molar-refractivity contribution in [3.8, 4) is 0 Å². The van der Waals surface area contributed by atoms with Crippen LogP contribution in [0.3, 0.4) is 0 Å². The topological polar surface area (TPSA) is 171 Å². The van der Waals surface area contributed by atoms with E-state index in [1.54, 1.807) is 27.7 Å². The Morgan fingerprint density at radius 1 is 0.833 bits per heavy atom. The fourth-order valence-corrected chi connectivity index (χ4v) is 1.37. The Kier molecular flexibility index (Phi) is 8.00. The lowest BCUT2D eigenvalue weighted by Crippen LogP contribution is -2.43. The molecule has 10 heteroatoms. The monoisotopic (exact) mass is 342 g/mol. The molecule has 0 spiro atoms. The number of carboxylic acids is 2. The van der Waals surface area contributed by atoms with Crippen molar-refractivity contribution < 1.29 is 19.8 Å². The number of nitrogens with one attached hydrogen (secondary N) is 4. The summed E-state index contributed by atoms with van der Waals surface area (Å²) in [6.45, 7) is 6.80. The van der Waals surface area contributed by atoms with Crippen molar-refractivity contribution in [3.05, 3.63) is 0 Å². The second kappa shape index (κ2) is 8.94. The van der Waals surface area contributed by atoms with Crippen molar-refractivity contribution in [2.45, 2.75) is 51.6 Å². The van der Waals surface area contributed by atoms with E-state index in [4.69, 9.17) is 21.0 Å². The van der Waals surface area contributed by atoms with Crippen LogP contribution in [0, 0.1) is 10.8 Å². The highest BCUT2D eigenvalue weighted by Gasteiger charge is 2.28. The number of aliphatic carboxylic acids is 2. The first kappa shape index (κ1) is 21.5. The number of hydrogen-bond donors (Lipinski definition) is 6. The summed E-state index contributed by atoms with van der Waals surface area (Å²) < 4.78 is 0. The van der Waals surface area contributed by atoms with Crippen molar-refractivity contribution in [1.82, 2.24) is 10.6 Å². The smallest absolute Gasteiger partial charge is 0.305 e. The van der Waals surface area contributed by atoms with Gasteiger partial charge in [-0.05, 0) is 27.7 Å². The minimum Gasteiger partial charge on any atom is -0.481 e. The molecule has 24 heavy (non-hydrogen) atoms. The molecule has 0 aliphatic carbocycles. The van der Waals surface area contributed by atoms with Gasteiger partial charge in [0, 0.05) is 13.1 Å². The molecular weight excluding hydrogens is 316 g/mol. The van der Waals surface area contributed by atoms with Crippen molar-refractivity contribution >= 4 is 23.6 Å². The number of carbonyl (C=O) groups is 2. The number of hydrogen-bond acceptors (Lipinski definition) is 6. The zero-order chi connectivity index (χ0) is 19.0. The Morgan fingerprint density at radius 3 is 1.38 bits per heavy atom. The van der Waals surface area contributed by atoms with Crippen molar-refractivity contribution in [2.75, 3.05) is 13.1 Å². The summed E-state index contributed by atoms with van der Waals surface area (Å²) in [6.07, 6.45) is -0.224. The Morgan fingerprint density at radius 2 is 1.12 bits per heavy atom. The van der Waals surface area contributed by atoms with Gasteiger partial charge in [0.1, 0.15) is 22.7 Å². The normalized spacial score (nSPS) is 12.0. The van der Waals surface area contributed by atoms with Gasteiger partial charge in [0.2, 0.25) is 0 Å². The Balaban J connectivity index is 4.68. The van der Waals surface area contributed by atoms with Crippen LogP contribution in [0.1, 0.15) is 40.5 Å². The van der Waals surface area contributed by atoms with Gasteiger partial charge in [-0.3, -0.25) is 20.4 Å². The summed E-state index contributed by atoms with van der Waals surface area (Å²) >= 11 is 0. The highest BCUT2D eigenvalue weighted by atomic mass is 16.4. The predicted octanol–water partition coefficient (Wildman–Crippen LogP) is 1.08. The zero-order valence-electron chi connectivity index (χ0n) is 14.4. The third kappa shape index (κ3) is 8.20. The molecule has 0 unspecified atom stereocenters. The van der Waals surface area contributed by atoms with Crippen molar-refractivity contribution in [1.29, 1.82) is 10.8 Å². The predicted molar refractivity (Wildman–Crippen MR) is 89.0 cm³/mol. The number of amidine groups is 2. The van der Waals surface area contributed by atoms with Crippen LogP contribution in [0.15, 0.2) is 10.2 Å². The van der Waals surface area contributed by atoms with Crippen LogP contribution in [0.4, 0.5) is 0 Å². The van der Waals surface area contributed by atoms with Gasteiger partial charge in [-0.25, -0.2) is 0 Å². The van der Waals surface area contributed by atoms with E-state index in [9.17, 15) is 9.59 Å². The molecule has 0 aliphatic rings. The largest absolute Gasteiger partial charge is 0.481 e. The van der Waals surface area contributed by atoms with E-state index in [0.717, 1.165) is 0 Å². The Bertz CT molecular complexity index is 481. The molecule has 0 atom stereocenters. The summed E-state index contributed by atoms with van der Waals surface area (Å²) in [7, 11) is 0. The van der Waals surface area contributed by atoms with E-state index in [-0.39, 0.29) is 37.6 Å². The van der Waals surface area contributed by atoms with Crippen LogP contribution in [0.2, 0.25) is 0 Å². The molecule has 10 nitrogen and oxygen atoms in total. The maximum absolute atomic E-state index is 10.5. The molecule has 0 radical (unpaired) electrons.